The third-order valence-corrected chi connectivity index (χ3v) is 8.99. The Labute approximate surface area is 250 Å². The molecule has 0 saturated heterocycles. The number of fused-ring (bicyclic) bond motifs is 1. The lowest BCUT2D eigenvalue weighted by atomic mass is 9.98. The van der Waals surface area contributed by atoms with E-state index in [1.807, 2.05) is 31.2 Å². The van der Waals surface area contributed by atoms with Crippen molar-refractivity contribution in [2.75, 3.05) is 4.90 Å². The van der Waals surface area contributed by atoms with Gasteiger partial charge in [-0.1, -0.05) is 36.7 Å². The summed E-state index contributed by atoms with van der Waals surface area (Å²) in [7, 11) is 0. The van der Waals surface area contributed by atoms with Crippen molar-refractivity contribution in [1.29, 1.82) is 0 Å². The number of thiazole rings is 1. The number of Topliss-reactive ketones (excluding diaryl/α,β-unsaturated/α-hetero) is 1. The number of nitrogens with zero attached hydrogens (tertiary/aromatic N) is 3. The standard InChI is InChI=1S/C32H27ClFN3O4S/c1-18-19(2)37(26-6-4-3-5-25(18)26)30(39)17-36-31(14-27(38)20-7-8-20)42-29(32(36)40)12-21-11-23(34)9-10-28(21)41-24-13-22(33)15-35-16-24/h3-6,9-16,18-20H,7-8,17H2,1-2H3/b29-12+,31-14-. The second-order valence-electron chi connectivity index (χ2n) is 10.6. The van der Waals surface area contributed by atoms with Gasteiger partial charge in [-0.3, -0.25) is 23.9 Å². The van der Waals surface area contributed by atoms with Crippen molar-refractivity contribution in [1.82, 2.24) is 9.55 Å². The van der Waals surface area contributed by atoms with E-state index in [1.54, 1.807) is 11.0 Å². The Morgan fingerprint density at radius 3 is 2.69 bits per heavy atom. The molecule has 1 fully saturated rings. The summed E-state index contributed by atoms with van der Waals surface area (Å²) in [5.74, 6) is -0.126. The summed E-state index contributed by atoms with van der Waals surface area (Å²) < 4.78 is 22.2. The van der Waals surface area contributed by atoms with Crippen LogP contribution in [0.5, 0.6) is 11.5 Å². The summed E-state index contributed by atoms with van der Waals surface area (Å²) in [4.78, 5) is 46.0. The second kappa shape index (κ2) is 11.3. The van der Waals surface area contributed by atoms with E-state index >= 15 is 0 Å². The van der Waals surface area contributed by atoms with Gasteiger partial charge in [-0.15, -0.1) is 11.3 Å². The molecule has 7 nitrogen and oxygen atoms in total. The molecule has 10 heteroatoms. The van der Waals surface area contributed by atoms with Gasteiger partial charge >= 0.3 is 0 Å². The number of benzene rings is 2. The predicted octanol–water partition coefficient (Wildman–Crippen LogP) is 5.02. The Bertz CT molecular complexity index is 1900. The highest BCUT2D eigenvalue weighted by Gasteiger charge is 2.36. The number of anilines is 1. The first kappa shape index (κ1) is 28.1. The van der Waals surface area contributed by atoms with E-state index in [1.165, 1.54) is 47.3 Å². The van der Waals surface area contributed by atoms with Crippen LogP contribution in [-0.4, -0.2) is 27.3 Å². The van der Waals surface area contributed by atoms with Crippen molar-refractivity contribution in [3.05, 3.63) is 102 Å². The average Bonchev–Trinajstić information content (AvgIpc) is 3.74. The number of para-hydroxylation sites is 1. The molecule has 0 spiro atoms. The fourth-order valence-electron chi connectivity index (χ4n) is 5.21. The van der Waals surface area contributed by atoms with Crippen LogP contribution in [-0.2, 0) is 16.1 Å². The van der Waals surface area contributed by atoms with E-state index in [4.69, 9.17) is 16.3 Å². The summed E-state index contributed by atoms with van der Waals surface area (Å²) in [5.41, 5.74) is 1.77. The van der Waals surface area contributed by atoms with Gasteiger partial charge in [-0.05, 0) is 55.7 Å². The normalized spacial score (nSPS) is 18.8. The molecule has 6 rings (SSSR count). The number of carbonyl (C=O) groups is 2. The average molecular weight is 604 g/mol. The number of pyridine rings is 1. The molecule has 2 atom stereocenters. The molecule has 42 heavy (non-hydrogen) atoms. The number of carbonyl (C=O) groups excluding carboxylic acids is 2. The molecule has 2 aromatic heterocycles. The number of amides is 1. The molecule has 1 amide bonds. The van der Waals surface area contributed by atoms with Gasteiger partial charge < -0.3 is 9.64 Å². The summed E-state index contributed by atoms with van der Waals surface area (Å²) in [6.07, 6.45) is 7.52. The van der Waals surface area contributed by atoms with Gasteiger partial charge in [-0.2, -0.15) is 0 Å². The van der Waals surface area contributed by atoms with Crippen molar-refractivity contribution >= 4 is 52.5 Å². The number of ether oxygens (including phenoxy) is 1. The zero-order chi connectivity index (χ0) is 29.5. The Hall–Kier alpha value is -4.08. The molecule has 1 aliphatic carbocycles. The quantitative estimate of drug-likeness (QED) is 0.296. The Balaban J connectivity index is 1.42. The highest BCUT2D eigenvalue weighted by atomic mass is 35.5. The van der Waals surface area contributed by atoms with Crippen LogP contribution in [0.1, 0.15) is 43.7 Å². The van der Waals surface area contributed by atoms with Crippen LogP contribution in [0.4, 0.5) is 10.1 Å². The third-order valence-electron chi connectivity index (χ3n) is 7.73. The van der Waals surface area contributed by atoms with Gasteiger partial charge in [0.15, 0.2) is 5.78 Å². The van der Waals surface area contributed by atoms with Crippen LogP contribution >= 0.6 is 22.9 Å². The van der Waals surface area contributed by atoms with Crippen molar-refractivity contribution in [3.8, 4) is 11.5 Å². The minimum absolute atomic E-state index is 0.0559. The Kier molecular flexibility index (Phi) is 7.55. The lowest BCUT2D eigenvalue weighted by Crippen LogP contribution is -2.43. The molecular weight excluding hydrogens is 577 g/mol. The number of hydrogen-bond acceptors (Lipinski definition) is 6. The van der Waals surface area contributed by atoms with Gasteiger partial charge in [0, 0.05) is 47.5 Å². The zero-order valence-electron chi connectivity index (χ0n) is 22.9. The molecule has 0 N–H and O–H groups in total. The fraction of sp³-hybridized carbons (Fsp3) is 0.250. The van der Waals surface area contributed by atoms with Crippen molar-refractivity contribution in [2.45, 2.75) is 45.2 Å². The topological polar surface area (TPSA) is 81.5 Å². The van der Waals surface area contributed by atoms with Crippen LogP contribution < -0.4 is 24.4 Å². The van der Waals surface area contributed by atoms with Gasteiger partial charge in [0.25, 0.3) is 5.56 Å². The molecule has 1 aliphatic heterocycles. The number of ketones is 1. The van der Waals surface area contributed by atoms with Crippen molar-refractivity contribution in [2.24, 2.45) is 5.92 Å². The predicted molar refractivity (Wildman–Crippen MR) is 161 cm³/mol. The monoisotopic (exact) mass is 603 g/mol. The number of halogens is 2. The van der Waals surface area contributed by atoms with Crippen molar-refractivity contribution < 1.29 is 18.7 Å². The second-order valence-corrected chi connectivity index (χ2v) is 12.1. The third kappa shape index (κ3) is 5.54. The molecule has 2 aromatic carbocycles. The molecule has 1 saturated carbocycles. The minimum Gasteiger partial charge on any atom is -0.455 e. The first-order valence-corrected chi connectivity index (χ1v) is 14.8. The van der Waals surface area contributed by atoms with E-state index in [-0.39, 0.29) is 46.4 Å². The molecule has 4 aromatic rings. The fourth-order valence-corrected chi connectivity index (χ4v) is 6.41. The van der Waals surface area contributed by atoms with Gasteiger partial charge in [0.05, 0.1) is 15.8 Å². The van der Waals surface area contributed by atoms with E-state index in [2.05, 4.69) is 11.9 Å². The maximum Gasteiger partial charge on any atom is 0.269 e. The molecule has 214 valence electrons. The summed E-state index contributed by atoms with van der Waals surface area (Å²) in [5, 5.41) is 0.371. The summed E-state index contributed by atoms with van der Waals surface area (Å²) in [6, 6.07) is 13.2. The molecule has 2 unspecified atom stereocenters. The lowest BCUT2D eigenvalue weighted by molar-refractivity contribution is -0.119. The zero-order valence-corrected chi connectivity index (χ0v) is 24.5. The molecular formula is C32H27ClFN3O4S. The summed E-state index contributed by atoms with van der Waals surface area (Å²) in [6.45, 7) is 3.83. The number of rotatable bonds is 7. The van der Waals surface area contributed by atoms with Gasteiger partial charge in [0.2, 0.25) is 5.91 Å². The number of hydrogen-bond donors (Lipinski definition) is 0. The molecule has 2 aliphatic rings. The van der Waals surface area contributed by atoms with Gasteiger partial charge in [0.1, 0.15) is 28.5 Å². The lowest BCUT2D eigenvalue weighted by Gasteiger charge is -2.24. The van der Waals surface area contributed by atoms with E-state index in [0.29, 0.717) is 21.0 Å². The highest BCUT2D eigenvalue weighted by molar-refractivity contribution is 7.07. The van der Waals surface area contributed by atoms with E-state index < -0.39 is 11.4 Å². The SMILES string of the molecule is CC1c2ccccc2N(C(=O)Cn2c(=O)/c(=C\c3cc(F)ccc3Oc3cncc(Cl)c3)s/c2=C\C(=O)C2CC2)C1C. The molecule has 0 bridgehead atoms. The van der Waals surface area contributed by atoms with Crippen LogP contribution in [0.25, 0.3) is 12.2 Å². The molecule has 0 radical (unpaired) electrons. The van der Waals surface area contributed by atoms with Crippen LogP contribution in [0.3, 0.4) is 0 Å². The minimum atomic E-state index is -0.517. The molecule has 3 heterocycles. The van der Waals surface area contributed by atoms with Crippen molar-refractivity contribution in [3.63, 3.8) is 0 Å². The maximum atomic E-state index is 14.3. The highest BCUT2D eigenvalue weighted by Crippen LogP contribution is 2.40. The smallest absolute Gasteiger partial charge is 0.269 e. The van der Waals surface area contributed by atoms with Gasteiger partial charge in [-0.25, -0.2) is 4.39 Å². The van der Waals surface area contributed by atoms with E-state index in [9.17, 15) is 18.8 Å². The maximum absolute atomic E-state index is 14.3. The Morgan fingerprint density at radius 2 is 1.93 bits per heavy atom. The number of aromatic nitrogens is 2. The first-order chi connectivity index (χ1) is 20.2. The van der Waals surface area contributed by atoms with Crippen LogP contribution in [0.2, 0.25) is 5.02 Å². The van der Waals surface area contributed by atoms with E-state index in [0.717, 1.165) is 35.4 Å². The van der Waals surface area contributed by atoms with Crippen LogP contribution in [0, 0.1) is 11.7 Å². The summed E-state index contributed by atoms with van der Waals surface area (Å²) >= 11 is 7.12. The Morgan fingerprint density at radius 1 is 1.14 bits per heavy atom. The van der Waals surface area contributed by atoms with Crippen LogP contribution in [0.15, 0.2) is 65.7 Å². The largest absolute Gasteiger partial charge is 0.455 e. The first-order valence-electron chi connectivity index (χ1n) is 13.7.